The molecule has 0 aliphatic carbocycles. The molecule has 0 fully saturated rings. The predicted octanol–water partition coefficient (Wildman–Crippen LogP) is 3.11. The molecule has 1 aliphatic rings. The van der Waals surface area contributed by atoms with Gasteiger partial charge in [0.1, 0.15) is 0 Å². The Hall–Kier alpha value is -2.36. The Kier molecular flexibility index (Phi) is 3.16. The summed E-state index contributed by atoms with van der Waals surface area (Å²) in [6.45, 7) is 0. The highest BCUT2D eigenvalue weighted by molar-refractivity contribution is 6.05. The van der Waals surface area contributed by atoms with E-state index in [4.69, 9.17) is 0 Å². The number of para-hydroxylation sites is 1. The number of carbonyl (C=O) groups is 1. The molecule has 0 radical (unpaired) electrons. The maximum Gasteiger partial charge on any atom is 0.267 e. The summed E-state index contributed by atoms with van der Waals surface area (Å²) >= 11 is 0. The van der Waals surface area contributed by atoms with E-state index in [1.54, 1.807) is 24.3 Å². The van der Waals surface area contributed by atoms with Gasteiger partial charge in [0, 0.05) is 37.5 Å². The third-order valence-corrected chi connectivity index (χ3v) is 3.86. The number of amides is 1. The smallest absolute Gasteiger partial charge is 0.267 e. The number of hydrogen-bond donors (Lipinski definition) is 1. The first kappa shape index (κ1) is 13.6. The average Bonchev–Trinajstić information content (AvgIpc) is 2.71. The molecule has 108 valence electrons. The van der Waals surface area contributed by atoms with Crippen molar-refractivity contribution in [3.05, 3.63) is 59.7 Å². The van der Waals surface area contributed by atoms with Crippen LogP contribution in [0.5, 0.6) is 0 Å². The standard InChI is InChI=1S/C17H17FN2O/c1-20(2)13-9-7-12(8-10-13)11-17(18)14-5-3-4-6-15(14)19-16(17)21/h3-10H,11H2,1-2H3,(H,19,21). The van der Waals surface area contributed by atoms with Gasteiger partial charge in [0.15, 0.2) is 0 Å². The Morgan fingerprint density at radius 1 is 1.10 bits per heavy atom. The first-order valence-electron chi connectivity index (χ1n) is 6.87. The van der Waals surface area contributed by atoms with E-state index in [2.05, 4.69) is 5.32 Å². The van der Waals surface area contributed by atoms with E-state index in [-0.39, 0.29) is 6.42 Å². The van der Waals surface area contributed by atoms with Gasteiger partial charge in [-0.1, -0.05) is 30.3 Å². The molecule has 4 heteroatoms. The van der Waals surface area contributed by atoms with Crippen LogP contribution in [0.15, 0.2) is 48.5 Å². The molecular weight excluding hydrogens is 267 g/mol. The largest absolute Gasteiger partial charge is 0.378 e. The molecule has 3 rings (SSSR count). The average molecular weight is 284 g/mol. The van der Waals surface area contributed by atoms with Crippen molar-refractivity contribution in [2.24, 2.45) is 0 Å². The Morgan fingerprint density at radius 3 is 2.43 bits per heavy atom. The van der Waals surface area contributed by atoms with Crippen molar-refractivity contribution < 1.29 is 9.18 Å². The van der Waals surface area contributed by atoms with Gasteiger partial charge in [-0.3, -0.25) is 4.79 Å². The van der Waals surface area contributed by atoms with E-state index in [9.17, 15) is 4.79 Å². The highest BCUT2D eigenvalue weighted by atomic mass is 19.1. The van der Waals surface area contributed by atoms with Crippen LogP contribution < -0.4 is 10.2 Å². The molecule has 0 saturated carbocycles. The van der Waals surface area contributed by atoms with Gasteiger partial charge < -0.3 is 10.2 Å². The van der Waals surface area contributed by atoms with E-state index in [0.29, 0.717) is 11.3 Å². The Morgan fingerprint density at radius 2 is 1.76 bits per heavy atom. The van der Waals surface area contributed by atoms with Crippen molar-refractivity contribution in [1.82, 2.24) is 0 Å². The third kappa shape index (κ3) is 2.27. The number of hydrogen-bond acceptors (Lipinski definition) is 2. The maximum atomic E-state index is 15.2. The monoisotopic (exact) mass is 284 g/mol. The maximum absolute atomic E-state index is 15.2. The number of rotatable bonds is 3. The number of carbonyl (C=O) groups excluding carboxylic acids is 1. The second kappa shape index (κ2) is 4.88. The highest BCUT2D eigenvalue weighted by Gasteiger charge is 2.47. The molecule has 2 aromatic rings. The fraction of sp³-hybridized carbons (Fsp3) is 0.235. The highest BCUT2D eigenvalue weighted by Crippen LogP contribution is 2.41. The van der Waals surface area contributed by atoms with Gasteiger partial charge in [0.25, 0.3) is 5.91 Å². The van der Waals surface area contributed by atoms with Gasteiger partial charge in [-0.25, -0.2) is 4.39 Å². The van der Waals surface area contributed by atoms with Gasteiger partial charge in [-0.15, -0.1) is 0 Å². The Labute approximate surface area is 123 Å². The van der Waals surface area contributed by atoms with Crippen LogP contribution in [-0.4, -0.2) is 20.0 Å². The van der Waals surface area contributed by atoms with E-state index in [0.717, 1.165) is 11.3 Å². The molecule has 21 heavy (non-hydrogen) atoms. The molecule has 0 aromatic heterocycles. The van der Waals surface area contributed by atoms with E-state index >= 15 is 4.39 Å². The molecule has 1 N–H and O–H groups in total. The number of nitrogens with zero attached hydrogens (tertiary/aromatic N) is 1. The molecule has 1 unspecified atom stereocenters. The molecule has 1 aliphatic heterocycles. The van der Waals surface area contributed by atoms with E-state index < -0.39 is 11.6 Å². The zero-order valence-corrected chi connectivity index (χ0v) is 12.1. The normalized spacial score (nSPS) is 20.0. The number of anilines is 2. The Bertz CT molecular complexity index is 681. The van der Waals surface area contributed by atoms with Crippen molar-refractivity contribution in [1.29, 1.82) is 0 Å². The van der Waals surface area contributed by atoms with Crippen LogP contribution in [0.1, 0.15) is 11.1 Å². The van der Waals surface area contributed by atoms with Crippen LogP contribution in [0.25, 0.3) is 0 Å². The number of alkyl halides is 1. The van der Waals surface area contributed by atoms with Crippen LogP contribution in [0, 0.1) is 0 Å². The van der Waals surface area contributed by atoms with Crippen molar-refractivity contribution in [3.8, 4) is 0 Å². The fourth-order valence-corrected chi connectivity index (χ4v) is 2.65. The van der Waals surface area contributed by atoms with Crippen LogP contribution in [0.3, 0.4) is 0 Å². The summed E-state index contributed by atoms with van der Waals surface area (Å²) in [6.07, 6.45) is 0.0452. The van der Waals surface area contributed by atoms with Crippen molar-refractivity contribution in [2.45, 2.75) is 12.1 Å². The molecule has 1 atom stereocenters. The topological polar surface area (TPSA) is 32.3 Å². The number of benzene rings is 2. The first-order valence-corrected chi connectivity index (χ1v) is 6.87. The van der Waals surface area contributed by atoms with Gasteiger partial charge in [-0.05, 0) is 23.8 Å². The molecule has 1 heterocycles. The molecule has 3 nitrogen and oxygen atoms in total. The second-order valence-electron chi connectivity index (χ2n) is 5.54. The lowest BCUT2D eigenvalue weighted by molar-refractivity contribution is -0.126. The zero-order valence-electron chi connectivity index (χ0n) is 12.1. The summed E-state index contributed by atoms with van der Waals surface area (Å²) in [5, 5.41) is 2.62. The molecule has 2 aromatic carbocycles. The minimum Gasteiger partial charge on any atom is -0.378 e. The first-order chi connectivity index (χ1) is 10.0. The number of fused-ring (bicyclic) bond motifs is 1. The van der Waals surface area contributed by atoms with Crippen LogP contribution in [0.4, 0.5) is 15.8 Å². The third-order valence-electron chi connectivity index (χ3n) is 3.86. The minimum atomic E-state index is -1.99. The van der Waals surface area contributed by atoms with E-state index in [1.807, 2.05) is 43.3 Å². The van der Waals surface area contributed by atoms with Gasteiger partial charge >= 0.3 is 0 Å². The van der Waals surface area contributed by atoms with Crippen molar-refractivity contribution in [3.63, 3.8) is 0 Å². The molecular formula is C17H17FN2O. The summed E-state index contributed by atoms with van der Waals surface area (Å²) in [5.41, 5.74) is 0.843. The lowest BCUT2D eigenvalue weighted by Crippen LogP contribution is -2.31. The molecule has 0 spiro atoms. The zero-order chi connectivity index (χ0) is 15.0. The number of nitrogens with one attached hydrogen (secondary N) is 1. The van der Waals surface area contributed by atoms with Crippen molar-refractivity contribution in [2.75, 3.05) is 24.3 Å². The lowest BCUT2D eigenvalue weighted by atomic mass is 9.90. The van der Waals surface area contributed by atoms with Crippen LogP contribution in [0.2, 0.25) is 0 Å². The number of halogens is 1. The minimum absolute atomic E-state index is 0.0452. The van der Waals surface area contributed by atoms with Crippen molar-refractivity contribution >= 4 is 17.3 Å². The summed E-state index contributed by atoms with van der Waals surface area (Å²) in [4.78, 5) is 14.0. The van der Waals surface area contributed by atoms with Gasteiger partial charge in [-0.2, -0.15) is 0 Å². The van der Waals surface area contributed by atoms with Crippen LogP contribution in [-0.2, 0) is 16.9 Å². The molecule has 0 saturated heterocycles. The summed E-state index contributed by atoms with van der Waals surface area (Å²) < 4.78 is 15.2. The summed E-state index contributed by atoms with van der Waals surface area (Å²) in [5.74, 6) is -0.583. The van der Waals surface area contributed by atoms with E-state index in [1.165, 1.54) is 0 Å². The quantitative estimate of drug-likeness (QED) is 0.939. The summed E-state index contributed by atoms with van der Waals surface area (Å²) in [6, 6.07) is 14.5. The fourth-order valence-electron chi connectivity index (χ4n) is 2.65. The van der Waals surface area contributed by atoms with Gasteiger partial charge in [0.05, 0.1) is 0 Å². The molecule has 0 bridgehead atoms. The summed E-state index contributed by atoms with van der Waals surface area (Å²) in [7, 11) is 3.90. The molecule has 1 amide bonds. The van der Waals surface area contributed by atoms with Gasteiger partial charge in [0.2, 0.25) is 5.67 Å². The lowest BCUT2D eigenvalue weighted by Gasteiger charge is -2.19. The SMILES string of the molecule is CN(C)c1ccc(CC2(F)C(=O)Nc3ccccc32)cc1. The Balaban J connectivity index is 1.91. The van der Waals surface area contributed by atoms with Crippen LogP contribution >= 0.6 is 0 Å². The second-order valence-corrected chi connectivity index (χ2v) is 5.54. The predicted molar refractivity (Wildman–Crippen MR) is 82.3 cm³/mol.